The van der Waals surface area contributed by atoms with Crippen molar-refractivity contribution < 1.29 is 4.79 Å². The van der Waals surface area contributed by atoms with E-state index in [1.807, 2.05) is 0 Å². The van der Waals surface area contributed by atoms with Crippen molar-refractivity contribution in [2.45, 2.75) is 24.1 Å². The Morgan fingerprint density at radius 2 is 2.14 bits per heavy atom. The number of anilines is 1. The zero-order chi connectivity index (χ0) is 15.4. The Balaban J connectivity index is 1.48. The normalized spacial score (nSPS) is 15.3. The summed E-state index contributed by atoms with van der Waals surface area (Å²) < 4.78 is 4.64. The van der Waals surface area contributed by atoms with Gasteiger partial charge < -0.3 is 4.90 Å². The van der Waals surface area contributed by atoms with Crippen LogP contribution in [0.2, 0.25) is 0 Å². The minimum absolute atomic E-state index is 0.225. The number of likely N-dealkylation sites (tertiary alicyclic amines) is 1. The van der Waals surface area contributed by atoms with Crippen molar-refractivity contribution in [2.75, 3.05) is 30.7 Å². The lowest BCUT2D eigenvalue weighted by Crippen LogP contribution is -2.21. The lowest BCUT2D eigenvalue weighted by molar-refractivity contribution is 0.102. The van der Waals surface area contributed by atoms with Gasteiger partial charge in [0.15, 0.2) is 4.34 Å². The zero-order valence-corrected chi connectivity index (χ0v) is 14.6. The third-order valence-electron chi connectivity index (χ3n) is 3.32. The summed E-state index contributed by atoms with van der Waals surface area (Å²) in [5.74, 6) is 0.776. The van der Waals surface area contributed by atoms with Crippen molar-refractivity contribution in [1.82, 2.24) is 24.7 Å². The molecule has 0 aliphatic carbocycles. The molecule has 1 aliphatic heterocycles. The van der Waals surface area contributed by atoms with Gasteiger partial charge in [0.25, 0.3) is 5.91 Å². The first kappa shape index (κ1) is 15.8. The van der Waals surface area contributed by atoms with Crippen molar-refractivity contribution in [2.24, 2.45) is 0 Å². The van der Waals surface area contributed by atoms with Crippen LogP contribution in [0.5, 0.6) is 0 Å². The van der Waals surface area contributed by atoms with Gasteiger partial charge in [-0.2, -0.15) is 0 Å². The van der Waals surface area contributed by atoms with Crippen LogP contribution in [0, 0.1) is 6.92 Å². The lowest BCUT2D eigenvalue weighted by Gasteiger charge is -2.12. The zero-order valence-electron chi connectivity index (χ0n) is 12.1. The summed E-state index contributed by atoms with van der Waals surface area (Å²) in [5.41, 5.74) is 0.632. The summed E-state index contributed by atoms with van der Waals surface area (Å²) in [6.45, 7) is 5.26. The Morgan fingerprint density at radius 3 is 2.86 bits per heavy atom. The molecular weight excluding hydrogens is 340 g/mol. The van der Waals surface area contributed by atoms with E-state index in [-0.39, 0.29) is 5.91 Å². The van der Waals surface area contributed by atoms with Crippen LogP contribution in [0.1, 0.15) is 28.2 Å². The molecule has 22 heavy (non-hydrogen) atoms. The number of carbonyl (C=O) groups is 1. The standard InChI is InChI=1S/C12H16N6OS3/c1-8-9(22-17-14-8)10(19)13-11-15-16-12(21-11)20-7-6-18-4-2-3-5-18/h2-7H2,1H3,(H,13,15,19). The number of rotatable bonds is 6. The van der Waals surface area contributed by atoms with Crippen molar-refractivity contribution in [3.8, 4) is 0 Å². The molecule has 0 aromatic carbocycles. The lowest BCUT2D eigenvalue weighted by atomic mass is 10.4. The van der Waals surface area contributed by atoms with Gasteiger partial charge in [-0.25, -0.2) is 0 Å². The average Bonchev–Trinajstić information content (AvgIpc) is 3.21. The van der Waals surface area contributed by atoms with Crippen LogP contribution in [0.3, 0.4) is 0 Å². The Bertz CT molecular complexity index is 636. The minimum atomic E-state index is -0.225. The van der Waals surface area contributed by atoms with Crippen LogP contribution in [-0.4, -0.2) is 56.0 Å². The summed E-state index contributed by atoms with van der Waals surface area (Å²) in [6, 6.07) is 0. The highest BCUT2D eigenvalue weighted by Gasteiger charge is 2.16. The Labute approximate surface area is 140 Å². The molecule has 1 aliphatic rings. The van der Waals surface area contributed by atoms with E-state index < -0.39 is 0 Å². The molecule has 10 heteroatoms. The number of nitrogens with one attached hydrogen (secondary N) is 1. The summed E-state index contributed by atoms with van der Waals surface area (Å²) in [5, 5.41) is 15.2. The fourth-order valence-electron chi connectivity index (χ4n) is 2.18. The first-order chi connectivity index (χ1) is 10.7. The van der Waals surface area contributed by atoms with Crippen molar-refractivity contribution in [3.63, 3.8) is 0 Å². The summed E-state index contributed by atoms with van der Waals surface area (Å²) in [4.78, 5) is 15.0. The average molecular weight is 357 g/mol. The molecular formula is C12H16N6OS3. The van der Waals surface area contributed by atoms with Gasteiger partial charge in [-0.05, 0) is 44.4 Å². The Kier molecular flexibility index (Phi) is 5.34. The van der Waals surface area contributed by atoms with Gasteiger partial charge in [-0.3, -0.25) is 10.1 Å². The number of carbonyl (C=O) groups excluding carboxylic acids is 1. The predicted octanol–water partition coefficient (Wildman–Crippen LogP) is 2.14. The molecule has 0 bridgehead atoms. The Hall–Kier alpha value is -1.10. The molecule has 0 radical (unpaired) electrons. The van der Waals surface area contributed by atoms with E-state index in [0.717, 1.165) is 28.2 Å². The van der Waals surface area contributed by atoms with Crippen molar-refractivity contribution >= 4 is 45.7 Å². The van der Waals surface area contributed by atoms with E-state index in [1.165, 1.54) is 37.3 Å². The van der Waals surface area contributed by atoms with Crippen LogP contribution in [0.4, 0.5) is 5.13 Å². The Morgan fingerprint density at radius 1 is 1.32 bits per heavy atom. The third kappa shape index (κ3) is 4.00. The number of hydrogen-bond acceptors (Lipinski definition) is 9. The topological polar surface area (TPSA) is 83.9 Å². The van der Waals surface area contributed by atoms with Crippen molar-refractivity contribution in [3.05, 3.63) is 10.6 Å². The highest BCUT2D eigenvalue weighted by atomic mass is 32.2. The second kappa shape index (κ2) is 7.44. The van der Waals surface area contributed by atoms with Crippen LogP contribution < -0.4 is 5.32 Å². The molecule has 7 nitrogen and oxygen atoms in total. The molecule has 0 saturated carbocycles. The van der Waals surface area contributed by atoms with E-state index in [0.29, 0.717) is 15.7 Å². The number of thioether (sulfide) groups is 1. The second-order valence-corrected chi connectivity index (χ2v) is 7.99. The summed E-state index contributed by atoms with van der Waals surface area (Å²) in [6.07, 6.45) is 2.62. The third-order valence-corrected chi connectivity index (χ3v) is 6.10. The van der Waals surface area contributed by atoms with E-state index in [4.69, 9.17) is 0 Å². The van der Waals surface area contributed by atoms with Gasteiger partial charge in [-0.1, -0.05) is 27.6 Å². The molecule has 0 unspecified atom stereocenters. The number of aromatic nitrogens is 4. The fourth-order valence-corrected chi connectivity index (χ4v) is 4.55. The molecule has 0 spiro atoms. The molecule has 3 rings (SSSR count). The fraction of sp³-hybridized carbons (Fsp3) is 0.583. The van der Waals surface area contributed by atoms with Crippen LogP contribution in [0.15, 0.2) is 4.34 Å². The highest BCUT2D eigenvalue weighted by molar-refractivity contribution is 8.01. The molecule has 2 aromatic heterocycles. The van der Waals surface area contributed by atoms with Gasteiger partial charge in [0.1, 0.15) is 4.88 Å². The van der Waals surface area contributed by atoms with E-state index >= 15 is 0 Å². The van der Waals surface area contributed by atoms with Crippen LogP contribution in [0.25, 0.3) is 0 Å². The van der Waals surface area contributed by atoms with Crippen LogP contribution in [-0.2, 0) is 0 Å². The maximum absolute atomic E-state index is 12.0. The van der Waals surface area contributed by atoms with Crippen LogP contribution >= 0.6 is 34.6 Å². The first-order valence-corrected chi connectivity index (χ1v) is 9.59. The molecule has 1 saturated heterocycles. The van der Waals surface area contributed by atoms with E-state index in [1.54, 1.807) is 18.7 Å². The SMILES string of the molecule is Cc1nnsc1C(=O)Nc1nnc(SCCN2CCCC2)s1. The molecule has 1 amide bonds. The number of hydrogen-bond donors (Lipinski definition) is 1. The maximum atomic E-state index is 12.0. The molecule has 118 valence electrons. The largest absolute Gasteiger partial charge is 0.303 e. The number of aryl methyl sites for hydroxylation is 1. The van der Waals surface area contributed by atoms with E-state index in [9.17, 15) is 4.79 Å². The monoisotopic (exact) mass is 356 g/mol. The number of nitrogens with zero attached hydrogens (tertiary/aromatic N) is 5. The highest BCUT2D eigenvalue weighted by Crippen LogP contribution is 2.26. The second-order valence-electron chi connectivity index (χ2n) is 4.91. The minimum Gasteiger partial charge on any atom is -0.303 e. The first-order valence-electron chi connectivity index (χ1n) is 7.01. The van der Waals surface area contributed by atoms with Gasteiger partial charge in [0, 0.05) is 12.3 Å². The molecule has 1 N–H and O–H groups in total. The molecule has 3 heterocycles. The van der Waals surface area contributed by atoms with Gasteiger partial charge in [-0.15, -0.1) is 15.3 Å². The number of amides is 1. The summed E-state index contributed by atoms with van der Waals surface area (Å²) >= 11 is 4.17. The van der Waals surface area contributed by atoms with Crippen molar-refractivity contribution in [1.29, 1.82) is 0 Å². The molecule has 1 fully saturated rings. The maximum Gasteiger partial charge on any atom is 0.271 e. The van der Waals surface area contributed by atoms with Gasteiger partial charge >= 0.3 is 0 Å². The quantitative estimate of drug-likeness (QED) is 0.627. The van der Waals surface area contributed by atoms with Gasteiger partial charge in [0.05, 0.1) is 5.69 Å². The van der Waals surface area contributed by atoms with Gasteiger partial charge in [0.2, 0.25) is 5.13 Å². The van der Waals surface area contributed by atoms with E-state index in [2.05, 4.69) is 30.0 Å². The molecule has 0 atom stereocenters. The predicted molar refractivity (Wildman–Crippen MR) is 88.9 cm³/mol. The summed E-state index contributed by atoms with van der Waals surface area (Å²) in [7, 11) is 0. The molecule has 2 aromatic rings. The smallest absolute Gasteiger partial charge is 0.271 e.